The highest BCUT2D eigenvalue weighted by atomic mass is 32.2. The molecule has 2 aromatic carbocycles. The smallest absolute Gasteiger partial charge is 0.323 e. The van der Waals surface area contributed by atoms with Crippen LogP contribution in [0.5, 0.6) is 17.2 Å². The normalized spacial score (nSPS) is 15.8. The predicted octanol–water partition coefficient (Wildman–Crippen LogP) is 3.86. The molecule has 1 fully saturated rings. The highest BCUT2D eigenvalue weighted by Crippen LogP contribution is 2.38. The number of sulfone groups is 1. The number of anilines is 3. The molecule has 0 atom stereocenters. The number of nitrogens with one attached hydrogen (secondary N) is 3. The molecule has 0 aliphatic carbocycles. The minimum atomic E-state index is -3.49. The molecule has 0 unspecified atom stereocenters. The number of piperazine rings is 1. The van der Waals surface area contributed by atoms with Crippen LogP contribution in [0.2, 0.25) is 0 Å². The van der Waals surface area contributed by atoms with Crippen molar-refractivity contribution in [2.24, 2.45) is 0 Å². The van der Waals surface area contributed by atoms with Gasteiger partial charge in [-0.25, -0.2) is 18.2 Å². The van der Waals surface area contributed by atoms with Crippen LogP contribution in [0, 0.1) is 0 Å². The van der Waals surface area contributed by atoms with Gasteiger partial charge in [0.05, 0.1) is 11.4 Å². The largest absolute Gasteiger partial charge is 0.485 e. The maximum Gasteiger partial charge on any atom is 0.323 e. The number of pyridine rings is 1. The van der Waals surface area contributed by atoms with Crippen molar-refractivity contribution in [3.05, 3.63) is 60.3 Å². The lowest BCUT2D eigenvalue weighted by Gasteiger charge is -2.34. The van der Waals surface area contributed by atoms with Gasteiger partial charge >= 0.3 is 6.03 Å². The van der Waals surface area contributed by atoms with Gasteiger partial charge in [-0.15, -0.1) is 0 Å². The molecule has 0 radical (unpaired) electrons. The predicted molar refractivity (Wildman–Crippen MR) is 154 cm³/mol. The zero-order valence-corrected chi connectivity index (χ0v) is 23.5. The highest BCUT2D eigenvalue weighted by molar-refractivity contribution is 7.90. The number of ether oxygens (including phenoxy) is 2. The number of hydrogen-bond donors (Lipinski definition) is 3. The van der Waals surface area contributed by atoms with E-state index in [2.05, 4.69) is 37.7 Å². The van der Waals surface area contributed by atoms with Crippen LogP contribution in [0.25, 0.3) is 0 Å². The molecule has 0 spiro atoms. The first kappa shape index (κ1) is 27.7. The number of urea groups is 1. The fraction of sp³-hybridized carbons (Fsp3) is 0.357. The van der Waals surface area contributed by atoms with Gasteiger partial charge in [-0.05, 0) is 48.5 Å². The molecule has 2 aliphatic rings. The van der Waals surface area contributed by atoms with Crippen molar-refractivity contribution in [2.45, 2.75) is 18.4 Å². The summed E-state index contributed by atoms with van der Waals surface area (Å²) >= 11 is 0. The number of carbonyl (C=O) groups excluding carboxylic acids is 1. The Kier molecular flexibility index (Phi) is 8.38. The lowest BCUT2D eigenvalue weighted by atomic mass is 10.1. The van der Waals surface area contributed by atoms with Gasteiger partial charge in [0, 0.05) is 62.6 Å². The standard InChI is InChI=1S/C28H34N6O5S/c1-3-33-13-15-34(16-14-33)19-20-4-5-22(18-25(20)40(2,36)37)32-28(35)31-21-6-8-23(9-7-21)39-24-10-11-29-27-26(24)38-17-12-30-27/h4-11,18H,3,12-17,19H2,1-2H3,(H,29,30)(H2,31,32,35). The van der Waals surface area contributed by atoms with Crippen LogP contribution >= 0.6 is 0 Å². The third kappa shape index (κ3) is 6.82. The van der Waals surface area contributed by atoms with Crippen LogP contribution < -0.4 is 25.4 Å². The molecule has 1 aromatic heterocycles. The molecule has 40 heavy (non-hydrogen) atoms. The molecule has 3 aromatic rings. The molecule has 0 saturated carbocycles. The van der Waals surface area contributed by atoms with Crippen LogP contribution in [-0.4, -0.2) is 81.4 Å². The van der Waals surface area contributed by atoms with Gasteiger partial charge in [0.2, 0.25) is 5.75 Å². The Labute approximate surface area is 234 Å². The van der Waals surface area contributed by atoms with E-state index in [0.29, 0.717) is 54.1 Å². The van der Waals surface area contributed by atoms with Crippen molar-refractivity contribution < 1.29 is 22.7 Å². The number of fused-ring (bicyclic) bond motifs is 1. The van der Waals surface area contributed by atoms with E-state index in [1.54, 1.807) is 48.7 Å². The Balaban J connectivity index is 1.21. The SMILES string of the molecule is CCN1CCN(Cc2ccc(NC(=O)Nc3ccc(Oc4ccnc5c4OCCN5)cc3)cc2S(C)(=O)=O)CC1. The van der Waals surface area contributed by atoms with Crippen LogP contribution in [0.3, 0.4) is 0 Å². The van der Waals surface area contributed by atoms with Crippen LogP contribution in [0.4, 0.5) is 22.0 Å². The summed E-state index contributed by atoms with van der Waals surface area (Å²) in [7, 11) is -3.49. The van der Waals surface area contributed by atoms with Gasteiger partial charge in [-0.3, -0.25) is 4.90 Å². The van der Waals surface area contributed by atoms with Gasteiger partial charge in [-0.2, -0.15) is 0 Å². The van der Waals surface area contributed by atoms with Gasteiger partial charge in [0.1, 0.15) is 12.4 Å². The Morgan fingerprint density at radius 3 is 2.45 bits per heavy atom. The van der Waals surface area contributed by atoms with Crippen molar-refractivity contribution in [3.63, 3.8) is 0 Å². The lowest BCUT2D eigenvalue weighted by molar-refractivity contribution is 0.131. The fourth-order valence-corrected chi connectivity index (χ4v) is 5.69. The lowest BCUT2D eigenvalue weighted by Crippen LogP contribution is -2.45. The molecule has 3 N–H and O–H groups in total. The zero-order chi connectivity index (χ0) is 28.1. The average Bonchev–Trinajstić information content (AvgIpc) is 2.95. The zero-order valence-electron chi connectivity index (χ0n) is 22.6. The van der Waals surface area contributed by atoms with E-state index in [1.807, 2.05) is 0 Å². The van der Waals surface area contributed by atoms with E-state index in [4.69, 9.17) is 9.47 Å². The molecule has 2 amide bonds. The molecular weight excluding hydrogens is 532 g/mol. The third-order valence-electron chi connectivity index (χ3n) is 6.88. The summed E-state index contributed by atoms with van der Waals surface area (Å²) in [6, 6.07) is 13.2. The van der Waals surface area contributed by atoms with Crippen LogP contribution in [-0.2, 0) is 16.4 Å². The minimum absolute atomic E-state index is 0.224. The number of benzene rings is 2. The first-order chi connectivity index (χ1) is 19.3. The van der Waals surface area contributed by atoms with E-state index < -0.39 is 15.9 Å². The van der Waals surface area contributed by atoms with Crippen LogP contribution in [0.15, 0.2) is 59.6 Å². The molecule has 3 heterocycles. The summed E-state index contributed by atoms with van der Waals surface area (Å²) in [5.41, 5.74) is 1.67. The Hall–Kier alpha value is -3.87. The van der Waals surface area contributed by atoms with Gasteiger partial charge in [-0.1, -0.05) is 13.0 Å². The average molecular weight is 567 g/mol. The van der Waals surface area contributed by atoms with Crippen molar-refractivity contribution in [1.82, 2.24) is 14.8 Å². The number of hydrogen-bond acceptors (Lipinski definition) is 9. The first-order valence-corrected chi connectivity index (χ1v) is 15.2. The minimum Gasteiger partial charge on any atom is -0.485 e. The molecule has 5 rings (SSSR count). The third-order valence-corrected chi connectivity index (χ3v) is 8.06. The molecule has 2 aliphatic heterocycles. The van der Waals surface area contributed by atoms with E-state index in [0.717, 1.165) is 38.3 Å². The highest BCUT2D eigenvalue weighted by Gasteiger charge is 2.21. The van der Waals surface area contributed by atoms with Crippen molar-refractivity contribution >= 4 is 33.1 Å². The summed E-state index contributed by atoms with van der Waals surface area (Å²) in [6.07, 6.45) is 2.84. The number of likely N-dealkylation sites (N-methyl/N-ethyl adjacent to an activating group) is 1. The molecular formula is C28H34N6O5S. The second-order valence-corrected chi connectivity index (χ2v) is 11.8. The summed E-state index contributed by atoms with van der Waals surface area (Å²) in [6.45, 7) is 8.63. The van der Waals surface area contributed by atoms with E-state index >= 15 is 0 Å². The van der Waals surface area contributed by atoms with Crippen LogP contribution in [0.1, 0.15) is 12.5 Å². The topological polar surface area (TPSA) is 125 Å². The summed E-state index contributed by atoms with van der Waals surface area (Å²) in [5.74, 6) is 2.32. The molecule has 1 saturated heterocycles. The van der Waals surface area contributed by atoms with Gasteiger partial charge in [0.25, 0.3) is 0 Å². The number of rotatable bonds is 8. The maximum atomic E-state index is 12.7. The van der Waals surface area contributed by atoms with Crippen molar-refractivity contribution in [2.75, 3.05) is 68.1 Å². The Bertz CT molecular complexity index is 1460. The molecule has 212 valence electrons. The second-order valence-electron chi connectivity index (χ2n) is 9.77. The Morgan fingerprint density at radius 1 is 1.02 bits per heavy atom. The van der Waals surface area contributed by atoms with Crippen molar-refractivity contribution in [3.8, 4) is 17.2 Å². The molecule has 12 heteroatoms. The summed E-state index contributed by atoms with van der Waals surface area (Å²) in [5, 5.41) is 8.67. The van der Waals surface area contributed by atoms with E-state index in [1.165, 1.54) is 12.3 Å². The van der Waals surface area contributed by atoms with E-state index in [9.17, 15) is 13.2 Å². The Morgan fingerprint density at radius 2 is 1.73 bits per heavy atom. The summed E-state index contributed by atoms with van der Waals surface area (Å²) < 4.78 is 36.8. The van der Waals surface area contributed by atoms with Crippen molar-refractivity contribution in [1.29, 1.82) is 0 Å². The number of aromatic nitrogens is 1. The monoisotopic (exact) mass is 566 g/mol. The molecule has 0 bridgehead atoms. The number of carbonyl (C=O) groups is 1. The van der Waals surface area contributed by atoms with Gasteiger partial charge < -0.3 is 30.3 Å². The fourth-order valence-electron chi connectivity index (χ4n) is 4.74. The quantitative estimate of drug-likeness (QED) is 0.373. The number of amides is 2. The number of nitrogens with zero attached hydrogens (tertiary/aromatic N) is 3. The second kappa shape index (κ2) is 12.1. The first-order valence-electron chi connectivity index (χ1n) is 13.3. The molecule has 11 nitrogen and oxygen atoms in total. The van der Waals surface area contributed by atoms with E-state index in [-0.39, 0.29) is 4.90 Å². The maximum absolute atomic E-state index is 12.7. The summed E-state index contributed by atoms with van der Waals surface area (Å²) in [4.78, 5) is 21.8. The van der Waals surface area contributed by atoms with Gasteiger partial charge in [0.15, 0.2) is 21.4 Å².